The second kappa shape index (κ2) is 4.16. The van der Waals surface area contributed by atoms with Gasteiger partial charge in [-0.3, -0.25) is 0 Å². The lowest BCUT2D eigenvalue weighted by molar-refractivity contribution is -0.673. The van der Waals surface area contributed by atoms with Crippen LogP contribution in [0.1, 0.15) is 18.2 Å². The van der Waals surface area contributed by atoms with E-state index in [0.29, 0.717) is 12.5 Å². The third-order valence-corrected chi connectivity index (χ3v) is 2.22. The zero-order valence-corrected chi connectivity index (χ0v) is 8.17. The molecule has 0 aliphatic carbocycles. The molecule has 74 valence electrons. The highest BCUT2D eigenvalue weighted by molar-refractivity contribution is 5.28. The Hall–Kier alpha value is -1.47. The molecule has 1 aliphatic heterocycles. The molecule has 4 nitrogen and oxygen atoms in total. The van der Waals surface area contributed by atoms with Gasteiger partial charge in [-0.05, 0) is 12.1 Å². The molecular weight excluding hydrogens is 180 g/mol. The molecule has 14 heavy (non-hydrogen) atoms. The van der Waals surface area contributed by atoms with Crippen molar-refractivity contribution in [3.63, 3.8) is 0 Å². The van der Waals surface area contributed by atoms with Crippen molar-refractivity contribution in [2.45, 2.75) is 19.9 Å². The number of rotatable bonds is 2. The molecule has 0 fully saturated rings. The Morgan fingerprint density at radius 1 is 1.64 bits per heavy atom. The number of hydrogen-bond donors (Lipinski definition) is 1. The molecule has 4 heteroatoms. The largest absolute Gasteiger partial charge is 0.462 e. The van der Waals surface area contributed by atoms with Crippen molar-refractivity contribution in [1.29, 1.82) is 0 Å². The second-order valence-corrected chi connectivity index (χ2v) is 3.14. The summed E-state index contributed by atoms with van der Waals surface area (Å²) in [6, 6.07) is 0. The number of aromatic nitrogens is 1. The van der Waals surface area contributed by atoms with E-state index in [1.165, 1.54) is 0 Å². The minimum absolute atomic E-state index is 0.384. The van der Waals surface area contributed by atoms with Crippen LogP contribution in [0.5, 0.6) is 5.88 Å². The van der Waals surface area contributed by atoms with Crippen molar-refractivity contribution in [2.24, 2.45) is 0 Å². The fourth-order valence-corrected chi connectivity index (χ4v) is 1.49. The molecule has 0 saturated heterocycles. The van der Waals surface area contributed by atoms with Crippen LogP contribution in [0.3, 0.4) is 0 Å². The van der Waals surface area contributed by atoms with Crippen molar-refractivity contribution in [1.82, 2.24) is 5.16 Å². The second-order valence-electron chi connectivity index (χ2n) is 3.14. The summed E-state index contributed by atoms with van der Waals surface area (Å²) in [7, 11) is 0. The number of fused-ring (bicyclic) bond motifs is 1. The highest BCUT2D eigenvalue weighted by Crippen LogP contribution is 2.21. The fourth-order valence-electron chi connectivity index (χ4n) is 1.49. The summed E-state index contributed by atoms with van der Waals surface area (Å²) in [5, 5.41) is 6.10. The molecule has 0 unspecified atom stereocenters. The summed E-state index contributed by atoms with van der Waals surface area (Å²) >= 11 is 0. The lowest BCUT2D eigenvalue weighted by Gasteiger charge is -2.07. The third-order valence-electron chi connectivity index (χ3n) is 2.22. The normalized spacial score (nSPS) is 14.1. The van der Waals surface area contributed by atoms with Gasteiger partial charge in [0.25, 0.3) is 5.88 Å². The summed E-state index contributed by atoms with van der Waals surface area (Å²) in [6.45, 7) is 4.13. The van der Waals surface area contributed by atoms with E-state index in [9.17, 15) is 0 Å². The third kappa shape index (κ3) is 1.73. The van der Waals surface area contributed by atoms with E-state index in [-0.39, 0.29) is 0 Å². The highest BCUT2D eigenvalue weighted by atomic mass is 16.5. The highest BCUT2D eigenvalue weighted by Gasteiger charge is 2.22. The summed E-state index contributed by atoms with van der Waals surface area (Å²) < 4.78 is 10.6. The lowest BCUT2D eigenvalue weighted by Crippen LogP contribution is -2.84. The van der Waals surface area contributed by atoms with E-state index in [1.54, 1.807) is 6.92 Å². The first-order chi connectivity index (χ1) is 6.92. The molecule has 0 spiro atoms. The molecule has 0 saturated carbocycles. The molecule has 0 atom stereocenters. The van der Waals surface area contributed by atoms with Crippen molar-refractivity contribution >= 4 is 0 Å². The predicted molar refractivity (Wildman–Crippen MR) is 49.6 cm³/mol. The van der Waals surface area contributed by atoms with Crippen molar-refractivity contribution < 1.29 is 14.6 Å². The van der Waals surface area contributed by atoms with Gasteiger partial charge in [-0.1, -0.05) is 5.92 Å². The number of quaternary nitrogens is 1. The van der Waals surface area contributed by atoms with Crippen molar-refractivity contribution in [3.8, 4) is 17.7 Å². The van der Waals surface area contributed by atoms with Crippen LogP contribution in [0.15, 0.2) is 4.52 Å². The summed E-state index contributed by atoms with van der Waals surface area (Å²) in [4.78, 5) is 0. The molecule has 2 heterocycles. The van der Waals surface area contributed by atoms with Crippen LogP contribution in [-0.4, -0.2) is 18.3 Å². The van der Waals surface area contributed by atoms with Gasteiger partial charge in [-0.25, -0.2) is 0 Å². The van der Waals surface area contributed by atoms with Gasteiger partial charge in [-0.15, -0.1) is 5.92 Å². The summed E-state index contributed by atoms with van der Waals surface area (Å²) in [6.07, 6.45) is 0.936. The van der Waals surface area contributed by atoms with Gasteiger partial charge < -0.3 is 14.6 Å². The van der Waals surface area contributed by atoms with E-state index in [2.05, 4.69) is 22.3 Å². The topological polar surface area (TPSA) is 51.9 Å². The van der Waals surface area contributed by atoms with Gasteiger partial charge in [0.2, 0.25) is 0 Å². The van der Waals surface area contributed by atoms with Crippen LogP contribution >= 0.6 is 0 Å². The fraction of sp³-hybridized carbons (Fsp3) is 0.500. The first-order valence-corrected chi connectivity index (χ1v) is 4.73. The molecule has 1 aromatic heterocycles. The molecular formula is C10H13N2O2+. The zero-order chi connectivity index (χ0) is 9.80. The van der Waals surface area contributed by atoms with E-state index in [4.69, 9.17) is 9.26 Å². The number of nitrogens with zero attached hydrogens (tertiary/aromatic N) is 1. The van der Waals surface area contributed by atoms with E-state index >= 15 is 0 Å². The van der Waals surface area contributed by atoms with E-state index in [0.717, 1.165) is 30.8 Å². The van der Waals surface area contributed by atoms with Crippen LogP contribution in [0.2, 0.25) is 0 Å². The van der Waals surface area contributed by atoms with Gasteiger partial charge in [0, 0.05) is 0 Å². The molecule has 0 bridgehead atoms. The zero-order valence-electron chi connectivity index (χ0n) is 8.17. The van der Waals surface area contributed by atoms with E-state index in [1.807, 2.05) is 0 Å². The Morgan fingerprint density at radius 2 is 2.57 bits per heavy atom. The Balaban J connectivity index is 2.09. The maximum atomic E-state index is 5.39. The monoisotopic (exact) mass is 193 g/mol. The predicted octanol–water partition coefficient (Wildman–Crippen LogP) is -0.304. The summed E-state index contributed by atoms with van der Waals surface area (Å²) in [5.74, 6) is 7.17. The minimum atomic E-state index is 0.384. The lowest BCUT2D eigenvalue weighted by atomic mass is 10.1. The molecule has 0 aromatic carbocycles. The molecule has 1 aliphatic rings. The van der Waals surface area contributed by atoms with Crippen molar-refractivity contribution in [2.75, 3.05) is 13.2 Å². The Morgan fingerprint density at radius 3 is 3.43 bits per heavy atom. The summed E-state index contributed by atoms with van der Waals surface area (Å²) in [5.41, 5.74) is 1.09. The standard InChI is InChI=1S/C10H12N2O2/c1-2-3-6-13-10-8-7-11-5-4-9(8)14-12-10/h11H,4-7H2,1H3/p+1. The van der Waals surface area contributed by atoms with Gasteiger partial charge in [0.15, 0.2) is 12.4 Å². The minimum Gasteiger partial charge on any atom is -0.462 e. The van der Waals surface area contributed by atoms with E-state index < -0.39 is 0 Å². The van der Waals surface area contributed by atoms with Crippen LogP contribution in [0, 0.1) is 11.8 Å². The Labute approximate surface area is 82.6 Å². The average Bonchev–Trinajstić information content (AvgIpc) is 2.63. The van der Waals surface area contributed by atoms with Crippen molar-refractivity contribution in [3.05, 3.63) is 11.3 Å². The SMILES string of the molecule is CC#CCOc1noc2c1C[NH2+]CC2. The molecule has 0 amide bonds. The van der Waals surface area contributed by atoms with Crippen LogP contribution in [-0.2, 0) is 13.0 Å². The number of ether oxygens (including phenoxy) is 1. The smallest absolute Gasteiger partial charge is 0.264 e. The van der Waals surface area contributed by atoms with Gasteiger partial charge >= 0.3 is 0 Å². The van der Waals surface area contributed by atoms with Gasteiger partial charge in [-0.2, -0.15) is 0 Å². The first-order valence-electron chi connectivity index (χ1n) is 4.73. The Bertz CT molecular complexity index is 373. The Kier molecular flexibility index (Phi) is 2.70. The van der Waals surface area contributed by atoms with Crippen LogP contribution < -0.4 is 10.1 Å². The first kappa shape index (κ1) is 9.10. The molecule has 1 aromatic rings. The van der Waals surface area contributed by atoms with Gasteiger partial charge in [0.1, 0.15) is 12.1 Å². The maximum Gasteiger partial charge on any atom is 0.264 e. The average molecular weight is 193 g/mol. The van der Waals surface area contributed by atoms with Crippen LogP contribution in [0.4, 0.5) is 0 Å². The molecule has 2 rings (SSSR count). The maximum absolute atomic E-state index is 5.39. The number of hydrogen-bond acceptors (Lipinski definition) is 3. The molecule has 0 radical (unpaired) electrons. The molecule has 2 N–H and O–H groups in total. The van der Waals surface area contributed by atoms with Crippen LogP contribution in [0.25, 0.3) is 0 Å². The quantitative estimate of drug-likeness (QED) is 0.656. The van der Waals surface area contributed by atoms with Gasteiger partial charge in [0.05, 0.1) is 13.0 Å². The number of nitrogens with two attached hydrogens (primary N) is 1.